The SMILES string of the molecule is CN(C)c1ccc(O)c2c1C[C@H]1C[C@H]3[C@H](N(C)C)C(O)=C(C(N)=O)C(=O)[C@@]3(O)C(O)=C1C2=O.COC. The molecule has 3 aliphatic rings. The van der Waals surface area contributed by atoms with E-state index < -0.39 is 58.0 Å². The lowest BCUT2D eigenvalue weighted by atomic mass is 9.58. The van der Waals surface area contributed by atoms with Gasteiger partial charge in [0.15, 0.2) is 11.4 Å². The summed E-state index contributed by atoms with van der Waals surface area (Å²) in [5, 5.41) is 43.9. The Hall–Kier alpha value is -3.41. The van der Waals surface area contributed by atoms with Crippen LogP contribution in [0.25, 0.3) is 0 Å². The number of carbonyl (C=O) groups excluding carboxylic acids is 3. The summed E-state index contributed by atoms with van der Waals surface area (Å²) in [6, 6.07) is 2.06. The number of likely N-dealkylation sites (N-methyl/N-ethyl adjacent to an activating group) is 1. The number of primary amides is 1. The number of aromatic hydroxyl groups is 1. The number of fused-ring (bicyclic) bond motifs is 3. The molecule has 36 heavy (non-hydrogen) atoms. The molecule has 11 heteroatoms. The second-order valence-corrected chi connectivity index (χ2v) is 9.72. The first-order valence-electron chi connectivity index (χ1n) is 11.3. The van der Waals surface area contributed by atoms with Crippen LogP contribution in [0.3, 0.4) is 0 Å². The van der Waals surface area contributed by atoms with E-state index in [1.807, 2.05) is 0 Å². The fourth-order valence-electron chi connectivity index (χ4n) is 5.65. The number of hydrogen-bond donors (Lipinski definition) is 5. The lowest BCUT2D eigenvalue weighted by Crippen LogP contribution is -2.63. The van der Waals surface area contributed by atoms with Crippen LogP contribution < -0.4 is 10.6 Å². The molecule has 11 nitrogen and oxygen atoms in total. The monoisotopic (exact) mass is 503 g/mol. The van der Waals surface area contributed by atoms with Gasteiger partial charge in [-0.25, -0.2) is 0 Å². The summed E-state index contributed by atoms with van der Waals surface area (Å²) in [5.41, 5.74) is 3.02. The normalized spacial score (nSPS) is 27.2. The van der Waals surface area contributed by atoms with Gasteiger partial charge in [-0.05, 0) is 50.6 Å². The topological polar surface area (TPSA) is 174 Å². The molecule has 0 bridgehead atoms. The fourth-order valence-corrected chi connectivity index (χ4v) is 5.65. The number of nitrogens with two attached hydrogens (primary N) is 1. The highest BCUT2D eigenvalue weighted by atomic mass is 16.4. The quantitative estimate of drug-likeness (QED) is 0.364. The lowest BCUT2D eigenvalue weighted by molar-refractivity contribution is -0.148. The highest BCUT2D eigenvalue weighted by molar-refractivity contribution is 6.24. The molecule has 196 valence electrons. The van der Waals surface area contributed by atoms with Crippen LogP contribution in [0, 0.1) is 11.8 Å². The Bertz CT molecular complexity index is 1190. The largest absolute Gasteiger partial charge is 0.510 e. The number of amides is 1. The van der Waals surface area contributed by atoms with Crippen molar-refractivity contribution in [3.05, 3.63) is 45.9 Å². The van der Waals surface area contributed by atoms with Crippen LogP contribution in [-0.2, 0) is 20.7 Å². The summed E-state index contributed by atoms with van der Waals surface area (Å²) in [5.74, 6) is -6.53. The van der Waals surface area contributed by atoms with Crippen LogP contribution in [0.1, 0.15) is 22.3 Å². The number of benzene rings is 1. The van der Waals surface area contributed by atoms with Gasteiger partial charge in [0.2, 0.25) is 5.78 Å². The zero-order valence-corrected chi connectivity index (χ0v) is 21.2. The van der Waals surface area contributed by atoms with Crippen LogP contribution in [0.4, 0.5) is 5.69 Å². The van der Waals surface area contributed by atoms with Crippen molar-refractivity contribution in [3.63, 3.8) is 0 Å². The first-order chi connectivity index (χ1) is 16.7. The number of rotatable bonds is 3. The van der Waals surface area contributed by atoms with Crippen LogP contribution in [-0.4, -0.2) is 96.9 Å². The van der Waals surface area contributed by atoms with Gasteiger partial charge in [-0.3, -0.25) is 19.3 Å². The first kappa shape index (κ1) is 27.2. The predicted molar refractivity (Wildman–Crippen MR) is 131 cm³/mol. The minimum Gasteiger partial charge on any atom is -0.510 e. The average molecular weight is 504 g/mol. The number of ketones is 2. The van der Waals surface area contributed by atoms with Gasteiger partial charge in [0.1, 0.15) is 22.8 Å². The molecule has 6 N–H and O–H groups in total. The van der Waals surface area contributed by atoms with E-state index in [4.69, 9.17) is 5.73 Å². The zero-order chi connectivity index (χ0) is 27.3. The summed E-state index contributed by atoms with van der Waals surface area (Å²) in [7, 11) is 10.0. The highest BCUT2D eigenvalue weighted by Crippen LogP contribution is 2.52. The number of Topliss-reactive ketones (excluding diaryl/α,β-unsaturated/α-hetero) is 2. The second-order valence-electron chi connectivity index (χ2n) is 9.72. The predicted octanol–water partition coefficient (Wildman–Crippen LogP) is 0.449. The van der Waals surface area contributed by atoms with Gasteiger partial charge in [-0.1, -0.05) is 0 Å². The Morgan fingerprint density at radius 3 is 2.19 bits per heavy atom. The van der Waals surface area contributed by atoms with Crippen molar-refractivity contribution in [2.24, 2.45) is 17.6 Å². The Morgan fingerprint density at radius 1 is 1.11 bits per heavy atom. The van der Waals surface area contributed by atoms with E-state index in [0.29, 0.717) is 5.56 Å². The standard InChI is InChI=1S/C23H27N3O7.C2H6O/c1-25(2)12-5-6-13(27)15-10(12)7-9-8-11-17(26(3)4)19(29)16(22(24)32)21(31)23(11,33)20(30)14(9)18(15)28;1-3-2/h5-6,9,11,17,27,29-30,33H,7-8H2,1-4H3,(H2,24,32);1-2H3/t9-,11-,17-,23-;/m0./s1. The maximum atomic E-state index is 13.5. The van der Waals surface area contributed by atoms with Crippen molar-refractivity contribution in [1.29, 1.82) is 0 Å². The molecule has 0 spiro atoms. The minimum absolute atomic E-state index is 0.00184. The molecule has 0 saturated heterocycles. The van der Waals surface area contributed by atoms with E-state index in [-0.39, 0.29) is 29.7 Å². The van der Waals surface area contributed by atoms with Gasteiger partial charge in [-0.15, -0.1) is 0 Å². The second kappa shape index (κ2) is 9.57. The third kappa shape index (κ3) is 3.83. The molecule has 0 unspecified atom stereocenters. The van der Waals surface area contributed by atoms with E-state index >= 15 is 0 Å². The average Bonchev–Trinajstić information content (AvgIpc) is 2.76. The van der Waals surface area contributed by atoms with Crippen molar-refractivity contribution >= 4 is 23.2 Å². The van der Waals surface area contributed by atoms with Crippen LogP contribution in [0.15, 0.2) is 34.8 Å². The summed E-state index contributed by atoms with van der Waals surface area (Å²) >= 11 is 0. The number of anilines is 1. The Balaban J connectivity index is 0.00000115. The van der Waals surface area contributed by atoms with E-state index in [9.17, 15) is 34.8 Å². The molecule has 1 aromatic rings. The maximum Gasteiger partial charge on any atom is 0.255 e. The Morgan fingerprint density at radius 2 is 1.69 bits per heavy atom. The van der Waals surface area contributed by atoms with Gasteiger partial charge < -0.3 is 35.8 Å². The van der Waals surface area contributed by atoms with E-state index in [1.54, 1.807) is 53.4 Å². The molecule has 0 heterocycles. The number of phenols is 1. The first-order valence-corrected chi connectivity index (χ1v) is 11.3. The van der Waals surface area contributed by atoms with E-state index in [1.165, 1.54) is 11.0 Å². The summed E-state index contributed by atoms with van der Waals surface area (Å²) in [6.07, 6.45) is 0.324. The number of carbonyl (C=O) groups is 3. The number of nitrogens with zero attached hydrogens (tertiary/aromatic N) is 2. The van der Waals surface area contributed by atoms with Gasteiger partial charge in [-0.2, -0.15) is 0 Å². The van der Waals surface area contributed by atoms with Gasteiger partial charge in [0.05, 0.1) is 11.6 Å². The number of hydrogen-bond acceptors (Lipinski definition) is 10. The molecule has 0 saturated carbocycles. The van der Waals surface area contributed by atoms with E-state index in [0.717, 1.165) is 5.69 Å². The molecule has 3 aliphatic carbocycles. The minimum atomic E-state index is -2.63. The molecule has 1 amide bonds. The third-order valence-electron chi connectivity index (χ3n) is 7.06. The van der Waals surface area contributed by atoms with E-state index in [2.05, 4.69) is 4.74 Å². The van der Waals surface area contributed by atoms with Gasteiger partial charge in [0.25, 0.3) is 5.91 Å². The molecule has 1 aromatic carbocycles. The van der Waals surface area contributed by atoms with Crippen LogP contribution in [0.5, 0.6) is 5.75 Å². The number of ether oxygens (including phenoxy) is 1. The number of aliphatic hydroxyl groups excluding tert-OH is 2. The molecule has 0 radical (unpaired) electrons. The molecule has 4 atom stereocenters. The van der Waals surface area contributed by atoms with Crippen molar-refractivity contribution in [2.75, 3.05) is 47.3 Å². The third-order valence-corrected chi connectivity index (χ3v) is 7.06. The molecule has 0 aliphatic heterocycles. The highest BCUT2D eigenvalue weighted by Gasteiger charge is 2.63. The molecular weight excluding hydrogens is 470 g/mol. The zero-order valence-electron chi connectivity index (χ0n) is 21.2. The summed E-state index contributed by atoms with van der Waals surface area (Å²) < 4.78 is 4.25. The van der Waals surface area contributed by atoms with Crippen LogP contribution in [0.2, 0.25) is 0 Å². The molecule has 0 fully saturated rings. The summed E-state index contributed by atoms with van der Waals surface area (Å²) in [6.45, 7) is 0. The Labute approximate surface area is 209 Å². The van der Waals surface area contributed by atoms with Crippen molar-refractivity contribution in [2.45, 2.75) is 24.5 Å². The van der Waals surface area contributed by atoms with Crippen molar-refractivity contribution in [1.82, 2.24) is 4.90 Å². The molecular formula is C25H33N3O8. The van der Waals surface area contributed by atoms with Gasteiger partial charge in [0, 0.05) is 45.5 Å². The van der Waals surface area contributed by atoms with Gasteiger partial charge >= 0.3 is 0 Å². The smallest absolute Gasteiger partial charge is 0.255 e. The fraction of sp³-hybridized carbons (Fsp3) is 0.480. The Kier molecular flexibility index (Phi) is 7.22. The van der Waals surface area contributed by atoms with Crippen molar-refractivity contribution < 1.29 is 39.5 Å². The lowest BCUT2D eigenvalue weighted by Gasteiger charge is -2.50. The van der Waals surface area contributed by atoms with Crippen molar-refractivity contribution in [3.8, 4) is 5.75 Å². The number of phenolic OH excluding ortho intramolecular Hbond substituents is 1. The maximum absolute atomic E-state index is 13.5. The number of aliphatic hydroxyl groups is 3. The van der Waals surface area contributed by atoms with Crippen LogP contribution >= 0.6 is 0 Å². The summed E-state index contributed by atoms with van der Waals surface area (Å²) in [4.78, 5) is 42.0. The number of allylic oxidation sites excluding steroid dienone is 1. The molecule has 4 rings (SSSR count). The number of methoxy groups -OCH3 is 1. The molecule has 0 aromatic heterocycles.